The SMILES string of the molecule is CCCCC(=O)N/N=C(\C)c1ccc(Cl)s1. The van der Waals surface area contributed by atoms with Gasteiger partial charge in [0, 0.05) is 6.42 Å². The zero-order valence-corrected chi connectivity index (χ0v) is 11.0. The second-order valence-corrected chi connectivity index (χ2v) is 5.15. The molecule has 0 saturated carbocycles. The van der Waals surface area contributed by atoms with Crippen molar-refractivity contribution in [3.63, 3.8) is 0 Å². The Balaban J connectivity index is 2.48. The zero-order valence-electron chi connectivity index (χ0n) is 9.42. The molecule has 88 valence electrons. The van der Waals surface area contributed by atoms with Gasteiger partial charge in [0.2, 0.25) is 5.91 Å². The Hall–Kier alpha value is -0.870. The molecule has 16 heavy (non-hydrogen) atoms. The van der Waals surface area contributed by atoms with Gasteiger partial charge in [0.15, 0.2) is 0 Å². The van der Waals surface area contributed by atoms with Crippen LogP contribution in [0, 0.1) is 0 Å². The molecule has 0 aliphatic carbocycles. The molecule has 0 aliphatic rings. The summed E-state index contributed by atoms with van der Waals surface area (Å²) in [7, 11) is 0. The van der Waals surface area contributed by atoms with Crippen LogP contribution in [0.15, 0.2) is 17.2 Å². The maximum Gasteiger partial charge on any atom is 0.240 e. The minimum atomic E-state index is -0.0381. The van der Waals surface area contributed by atoms with Gasteiger partial charge in [-0.05, 0) is 25.5 Å². The zero-order chi connectivity index (χ0) is 12.0. The summed E-state index contributed by atoms with van der Waals surface area (Å²) >= 11 is 7.26. The van der Waals surface area contributed by atoms with E-state index in [9.17, 15) is 4.79 Å². The Morgan fingerprint density at radius 2 is 2.31 bits per heavy atom. The van der Waals surface area contributed by atoms with Gasteiger partial charge in [-0.1, -0.05) is 24.9 Å². The van der Waals surface area contributed by atoms with Crippen molar-refractivity contribution in [1.29, 1.82) is 0 Å². The molecule has 5 heteroatoms. The summed E-state index contributed by atoms with van der Waals surface area (Å²) in [6.07, 6.45) is 2.43. The van der Waals surface area contributed by atoms with Gasteiger partial charge >= 0.3 is 0 Å². The molecule has 0 aliphatic heterocycles. The first kappa shape index (κ1) is 13.2. The van der Waals surface area contributed by atoms with Gasteiger partial charge in [0.05, 0.1) is 14.9 Å². The van der Waals surface area contributed by atoms with E-state index in [0.717, 1.165) is 27.8 Å². The maximum absolute atomic E-state index is 11.3. The molecule has 1 aromatic heterocycles. The van der Waals surface area contributed by atoms with E-state index in [1.54, 1.807) is 0 Å². The van der Waals surface area contributed by atoms with Crippen LogP contribution >= 0.6 is 22.9 Å². The lowest BCUT2D eigenvalue weighted by molar-refractivity contribution is -0.121. The van der Waals surface area contributed by atoms with Crippen molar-refractivity contribution < 1.29 is 4.79 Å². The molecule has 1 amide bonds. The number of carbonyl (C=O) groups excluding carboxylic acids is 1. The Morgan fingerprint density at radius 1 is 1.56 bits per heavy atom. The highest BCUT2D eigenvalue weighted by molar-refractivity contribution is 7.18. The minimum absolute atomic E-state index is 0.0381. The number of thiophene rings is 1. The van der Waals surface area contributed by atoms with Gasteiger partial charge in [0.1, 0.15) is 0 Å². The van der Waals surface area contributed by atoms with Crippen LogP contribution in [0.25, 0.3) is 0 Å². The predicted molar refractivity (Wildman–Crippen MR) is 69.2 cm³/mol. The van der Waals surface area contributed by atoms with Crippen molar-refractivity contribution in [3.8, 4) is 0 Å². The summed E-state index contributed by atoms with van der Waals surface area (Å²) in [5.41, 5.74) is 3.32. The van der Waals surface area contributed by atoms with Crippen LogP contribution in [-0.2, 0) is 4.79 Å². The van der Waals surface area contributed by atoms with E-state index < -0.39 is 0 Å². The number of nitrogens with zero attached hydrogens (tertiary/aromatic N) is 1. The van der Waals surface area contributed by atoms with E-state index in [-0.39, 0.29) is 5.91 Å². The van der Waals surface area contributed by atoms with E-state index in [1.807, 2.05) is 19.1 Å². The van der Waals surface area contributed by atoms with Gasteiger partial charge in [0.25, 0.3) is 0 Å². The highest BCUT2D eigenvalue weighted by Crippen LogP contribution is 2.21. The second-order valence-electron chi connectivity index (χ2n) is 3.44. The molecule has 0 atom stereocenters. The van der Waals surface area contributed by atoms with Crippen molar-refractivity contribution in [1.82, 2.24) is 5.43 Å². The Morgan fingerprint density at radius 3 is 2.88 bits per heavy atom. The van der Waals surface area contributed by atoms with Crippen LogP contribution in [0.2, 0.25) is 4.34 Å². The Kier molecular flexibility index (Phi) is 5.49. The van der Waals surface area contributed by atoms with Crippen LogP contribution in [0.3, 0.4) is 0 Å². The van der Waals surface area contributed by atoms with E-state index in [0.29, 0.717) is 6.42 Å². The summed E-state index contributed by atoms with van der Waals surface area (Å²) in [4.78, 5) is 12.3. The summed E-state index contributed by atoms with van der Waals surface area (Å²) in [5.74, 6) is -0.0381. The third-order valence-electron chi connectivity index (χ3n) is 2.04. The smallest absolute Gasteiger partial charge is 0.240 e. The molecule has 0 spiro atoms. The summed E-state index contributed by atoms with van der Waals surface area (Å²) in [6, 6.07) is 3.71. The van der Waals surface area contributed by atoms with Crippen molar-refractivity contribution in [2.24, 2.45) is 5.10 Å². The van der Waals surface area contributed by atoms with E-state index >= 15 is 0 Å². The molecule has 0 aromatic carbocycles. The molecule has 0 bridgehead atoms. The number of amides is 1. The lowest BCUT2D eigenvalue weighted by Crippen LogP contribution is -2.18. The first-order valence-corrected chi connectivity index (χ1v) is 6.41. The predicted octanol–water partition coefficient (Wildman–Crippen LogP) is 3.43. The van der Waals surface area contributed by atoms with Crippen LogP contribution in [0.4, 0.5) is 0 Å². The number of hydrazone groups is 1. The fraction of sp³-hybridized carbons (Fsp3) is 0.455. The lowest BCUT2D eigenvalue weighted by atomic mass is 10.2. The monoisotopic (exact) mass is 258 g/mol. The van der Waals surface area contributed by atoms with Gasteiger partial charge < -0.3 is 0 Å². The molecule has 1 heterocycles. The number of unbranched alkanes of at least 4 members (excludes halogenated alkanes) is 1. The van der Waals surface area contributed by atoms with E-state index in [2.05, 4.69) is 17.5 Å². The van der Waals surface area contributed by atoms with Crippen LogP contribution in [0.5, 0.6) is 0 Å². The summed E-state index contributed by atoms with van der Waals surface area (Å²) < 4.78 is 0.724. The lowest BCUT2D eigenvalue weighted by Gasteiger charge is -2.00. The first-order chi connectivity index (χ1) is 7.63. The van der Waals surface area contributed by atoms with Crippen molar-refractivity contribution in [2.75, 3.05) is 0 Å². The number of hydrogen-bond donors (Lipinski definition) is 1. The molecular formula is C11H15ClN2OS. The summed E-state index contributed by atoms with van der Waals surface area (Å²) in [6.45, 7) is 3.90. The van der Waals surface area contributed by atoms with Crippen molar-refractivity contribution >= 4 is 34.6 Å². The van der Waals surface area contributed by atoms with E-state index in [4.69, 9.17) is 11.6 Å². The third-order valence-corrected chi connectivity index (χ3v) is 3.38. The standard InChI is InChI=1S/C11H15ClN2OS/c1-3-4-5-11(15)14-13-8(2)9-6-7-10(12)16-9/h6-7H,3-5H2,1-2H3,(H,14,15)/b13-8+. The quantitative estimate of drug-likeness (QED) is 0.638. The number of rotatable bonds is 5. The van der Waals surface area contributed by atoms with Crippen molar-refractivity contribution in [3.05, 3.63) is 21.3 Å². The minimum Gasteiger partial charge on any atom is -0.273 e. The van der Waals surface area contributed by atoms with E-state index in [1.165, 1.54) is 11.3 Å². The third kappa shape index (κ3) is 4.33. The Labute approximate surface area is 105 Å². The molecule has 0 radical (unpaired) electrons. The topological polar surface area (TPSA) is 41.5 Å². The molecule has 1 rings (SSSR count). The van der Waals surface area contributed by atoms with Gasteiger partial charge in [-0.3, -0.25) is 4.79 Å². The average Bonchev–Trinajstić information content (AvgIpc) is 2.69. The highest BCUT2D eigenvalue weighted by Gasteiger charge is 2.03. The molecule has 1 aromatic rings. The molecule has 0 unspecified atom stereocenters. The van der Waals surface area contributed by atoms with Gasteiger partial charge in [-0.25, -0.2) is 5.43 Å². The molecule has 0 saturated heterocycles. The largest absolute Gasteiger partial charge is 0.273 e. The molecule has 0 fully saturated rings. The first-order valence-electron chi connectivity index (χ1n) is 5.22. The summed E-state index contributed by atoms with van der Waals surface area (Å²) in [5, 5.41) is 4.03. The van der Waals surface area contributed by atoms with Gasteiger partial charge in [-0.2, -0.15) is 5.10 Å². The maximum atomic E-state index is 11.3. The molecule has 3 nitrogen and oxygen atoms in total. The van der Waals surface area contributed by atoms with Crippen LogP contribution < -0.4 is 5.43 Å². The average molecular weight is 259 g/mol. The van der Waals surface area contributed by atoms with Crippen LogP contribution in [-0.4, -0.2) is 11.6 Å². The molecular weight excluding hydrogens is 244 g/mol. The number of nitrogens with one attached hydrogen (secondary N) is 1. The van der Waals surface area contributed by atoms with Gasteiger partial charge in [-0.15, -0.1) is 11.3 Å². The van der Waals surface area contributed by atoms with Crippen LogP contribution in [0.1, 0.15) is 38.0 Å². The Bertz CT molecular complexity index is 387. The second kappa shape index (κ2) is 6.66. The number of carbonyl (C=O) groups is 1. The fourth-order valence-electron chi connectivity index (χ4n) is 1.10. The number of hydrogen-bond acceptors (Lipinski definition) is 3. The number of halogens is 1. The fourth-order valence-corrected chi connectivity index (χ4v) is 2.09. The molecule has 1 N–H and O–H groups in total. The highest BCUT2D eigenvalue weighted by atomic mass is 35.5. The van der Waals surface area contributed by atoms with Crippen molar-refractivity contribution in [2.45, 2.75) is 33.1 Å². The normalized spacial score (nSPS) is 11.6.